The van der Waals surface area contributed by atoms with Crippen LogP contribution >= 0.6 is 12.2 Å². The van der Waals surface area contributed by atoms with Crippen LogP contribution in [0.1, 0.15) is 5.56 Å². The quantitative estimate of drug-likeness (QED) is 0.504. The third-order valence-electron chi connectivity index (χ3n) is 2.06. The number of ether oxygens (including phenoxy) is 1. The van der Waals surface area contributed by atoms with Gasteiger partial charge in [-0.2, -0.15) is 5.10 Å². The van der Waals surface area contributed by atoms with E-state index in [9.17, 15) is 9.59 Å². The van der Waals surface area contributed by atoms with E-state index < -0.39 is 11.8 Å². The molecule has 1 aliphatic heterocycles. The van der Waals surface area contributed by atoms with Crippen molar-refractivity contribution in [2.24, 2.45) is 5.73 Å². The lowest BCUT2D eigenvalue weighted by Crippen LogP contribution is -2.47. The van der Waals surface area contributed by atoms with Gasteiger partial charge in [-0.3, -0.25) is 14.7 Å². The number of hydrogen-bond donors (Lipinski definition) is 2. The van der Waals surface area contributed by atoms with Crippen molar-refractivity contribution in [2.45, 2.75) is 0 Å². The predicted octanol–water partition coefficient (Wildman–Crippen LogP) is -1.07. The molecule has 84 valence electrons. The van der Waals surface area contributed by atoms with E-state index in [2.05, 4.69) is 10.2 Å². The summed E-state index contributed by atoms with van der Waals surface area (Å²) in [5, 5.41) is 6.24. The minimum Gasteiger partial charge on any atom is -0.389 e. The monoisotopic (exact) mass is 240 g/mol. The van der Waals surface area contributed by atoms with Gasteiger partial charge in [0.25, 0.3) is 11.8 Å². The molecule has 1 aliphatic rings. The fraction of sp³-hybridized carbons (Fsp3) is 0.250. The SMILES string of the molecule is NC(=S)c1cn[nH]c1N1C(=O)COCC1=O. The van der Waals surface area contributed by atoms with Crippen molar-refractivity contribution >= 4 is 34.8 Å². The lowest BCUT2D eigenvalue weighted by Gasteiger charge is -2.23. The number of aromatic nitrogens is 2. The number of rotatable bonds is 2. The van der Waals surface area contributed by atoms with E-state index in [1.165, 1.54) is 6.20 Å². The second-order valence-electron chi connectivity index (χ2n) is 3.11. The van der Waals surface area contributed by atoms with Gasteiger partial charge in [0.15, 0.2) is 0 Å². The molecule has 0 radical (unpaired) electrons. The minimum atomic E-state index is -0.474. The molecule has 1 fully saturated rings. The van der Waals surface area contributed by atoms with Gasteiger partial charge in [-0.25, -0.2) is 4.90 Å². The van der Waals surface area contributed by atoms with E-state index in [4.69, 9.17) is 22.7 Å². The van der Waals surface area contributed by atoms with Crippen LogP contribution in [-0.4, -0.2) is 40.2 Å². The number of imide groups is 1. The number of nitrogens with one attached hydrogen (secondary N) is 1. The highest BCUT2D eigenvalue weighted by molar-refractivity contribution is 7.80. The Hall–Kier alpha value is -1.80. The highest BCUT2D eigenvalue weighted by atomic mass is 32.1. The Bertz CT molecular complexity index is 454. The van der Waals surface area contributed by atoms with Crippen LogP contribution in [0.25, 0.3) is 0 Å². The number of nitrogens with two attached hydrogens (primary N) is 1. The number of thiocarbonyl (C=S) groups is 1. The van der Waals surface area contributed by atoms with Crippen molar-refractivity contribution in [3.05, 3.63) is 11.8 Å². The molecule has 0 spiro atoms. The highest BCUT2D eigenvalue weighted by Gasteiger charge is 2.31. The summed E-state index contributed by atoms with van der Waals surface area (Å²) in [4.78, 5) is 24.1. The van der Waals surface area contributed by atoms with Gasteiger partial charge < -0.3 is 10.5 Å². The third kappa shape index (κ3) is 1.68. The molecule has 0 bridgehead atoms. The smallest absolute Gasteiger partial charge is 0.261 e. The van der Waals surface area contributed by atoms with Crippen molar-refractivity contribution in [3.8, 4) is 0 Å². The lowest BCUT2D eigenvalue weighted by atomic mass is 10.3. The molecule has 2 rings (SSSR count). The Balaban J connectivity index is 2.42. The molecule has 0 atom stereocenters. The second kappa shape index (κ2) is 3.99. The Morgan fingerprint density at radius 1 is 1.50 bits per heavy atom. The zero-order valence-electron chi connectivity index (χ0n) is 8.10. The molecule has 1 aromatic rings. The summed E-state index contributed by atoms with van der Waals surface area (Å²) in [6.07, 6.45) is 1.37. The van der Waals surface area contributed by atoms with Crippen molar-refractivity contribution in [2.75, 3.05) is 18.1 Å². The molecule has 0 saturated carbocycles. The molecule has 3 N–H and O–H groups in total. The van der Waals surface area contributed by atoms with Crippen LogP contribution in [0.3, 0.4) is 0 Å². The van der Waals surface area contributed by atoms with Crippen molar-refractivity contribution in [1.29, 1.82) is 0 Å². The van der Waals surface area contributed by atoms with Gasteiger partial charge in [-0.05, 0) is 0 Å². The Kier molecular flexibility index (Phi) is 2.67. The summed E-state index contributed by atoms with van der Waals surface area (Å²) in [5.74, 6) is -0.748. The van der Waals surface area contributed by atoms with E-state index in [0.29, 0.717) is 5.56 Å². The van der Waals surface area contributed by atoms with Crippen molar-refractivity contribution < 1.29 is 14.3 Å². The maximum Gasteiger partial charge on any atom is 0.261 e. The first-order valence-corrected chi connectivity index (χ1v) is 4.79. The maximum atomic E-state index is 11.5. The molecule has 1 aromatic heterocycles. The Morgan fingerprint density at radius 2 is 2.12 bits per heavy atom. The molecule has 1 saturated heterocycles. The number of amides is 2. The zero-order valence-corrected chi connectivity index (χ0v) is 8.91. The Morgan fingerprint density at radius 3 is 2.69 bits per heavy atom. The highest BCUT2D eigenvalue weighted by Crippen LogP contribution is 2.19. The van der Waals surface area contributed by atoms with Gasteiger partial charge in [0.2, 0.25) is 0 Å². The maximum absolute atomic E-state index is 11.5. The van der Waals surface area contributed by atoms with Crippen LogP contribution in [0.4, 0.5) is 5.82 Å². The summed E-state index contributed by atoms with van der Waals surface area (Å²) >= 11 is 4.79. The topological polar surface area (TPSA) is 101 Å². The van der Waals surface area contributed by atoms with E-state index in [-0.39, 0.29) is 24.0 Å². The van der Waals surface area contributed by atoms with Gasteiger partial charge >= 0.3 is 0 Å². The zero-order chi connectivity index (χ0) is 11.7. The molecule has 2 heterocycles. The number of morpholine rings is 1. The first-order chi connectivity index (χ1) is 7.61. The molecule has 7 nitrogen and oxygen atoms in total. The molecule has 0 aromatic carbocycles. The number of H-pyrrole nitrogens is 1. The molecule has 0 unspecified atom stereocenters. The largest absolute Gasteiger partial charge is 0.389 e. The third-order valence-corrected chi connectivity index (χ3v) is 2.28. The number of anilines is 1. The molecule has 16 heavy (non-hydrogen) atoms. The number of carbonyl (C=O) groups is 2. The van der Waals surface area contributed by atoms with E-state index >= 15 is 0 Å². The minimum absolute atomic E-state index is 0.0656. The fourth-order valence-corrected chi connectivity index (χ4v) is 1.52. The molecular weight excluding hydrogens is 232 g/mol. The van der Waals surface area contributed by atoms with Crippen LogP contribution < -0.4 is 10.6 Å². The van der Waals surface area contributed by atoms with Crippen molar-refractivity contribution in [3.63, 3.8) is 0 Å². The number of carbonyl (C=O) groups excluding carboxylic acids is 2. The van der Waals surface area contributed by atoms with Gasteiger partial charge in [-0.1, -0.05) is 12.2 Å². The van der Waals surface area contributed by atoms with Gasteiger partial charge in [-0.15, -0.1) is 0 Å². The standard InChI is InChI=1S/C8H8N4O3S/c9-7(16)4-1-10-11-8(4)12-5(13)2-15-3-6(12)14/h1H,2-3H2,(H2,9,16)(H,10,11). The van der Waals surface area contributed by atoms with Crippen LogP contribution in [0.2, 0.25) is 0 Å². The summed E-state index contributed by atoms with van der Waals surface area (Å²) in [5.41, 5.74) is 5.81. The number of hydrogen-bond acceptors (Lipinski definition) is 5. The first-order valence-electron chi connectivity index (χ1n) is 4.38. The van der Waals surface area contributed by atoms with Crippen LogP contribution in [0, 0.1) is 0 Å². The summed E-state index contributed by atoms with van der Waals surface area (Å²) in [6.45, 7) is -0.303. The summed E-state index contributed by atoms with van der Waals surface area (Å²) in [7, 11) is 0. The predicted molar refractivity (Wildman–Crippen MR) is 57.8 cm³/mol. The second-order valence-corrected chi connectivity index (χ2v) is 3.55. The van der Waals surface area contributed by atoms with Gasteiger partial charge in [0.05, 0.1) is 11.8 Å². The number of nitrogens with zero attached hydrogens (tertiary/aromatic N) is 2. The van der Waals surface area contributed by atoms with Crippen molar-refractivity contribution in [1.82, 2.24) is 10.2 Å². The molecule has 0 aliphatic carbocycles. The van der Waals surface area contributed by atoms with Crippen LogP contribution in [-0.2, 0) is 14.3 Å². The van der Waals surface area contributed by atoms with E-state index in [1.807, 2.05) is 0 Å². The first kappa shape index (κ1) is 10.7. The molecular formula is C8H8N4O3S. The average Bonchev–Trinajstić information content (AvgIpc) is 2.66. The average molecular weight is 240 g/mol. The summed E-state index contributed by atoms with van der Waals surface area (Å²) < 4.78 is 4.78. The van der Waals surface area contributed by atoms with Crippen LogP contribution in [0.5, 0.6) is 0 Å². The fourth-order valence-electron chi connectivity index (χ4n) is 1.37. The molecule has 8 heteroatoms. The van der Waals surface area contributed by atoms with Gasteiger partial charge in [0, 0.05) is 0 Å². The normalized spacial score (nSPS) is 16.6. The number of aromatic amines is 1. The molecule has 2 amide bonds. The van der Waals surface area contributed by atoms with E-state index in [0.717, 1.165) is 4.90 Å². The summed E-state index contributed by atoms with van der Waals surface area (Å²) in [6, 6.07) is 0. The van der Waals surface area contributed by atoms with E-state index in [1.54, 1.807) is 0 Å². The lowest BCUT2D eigenvalue weighted by molar-refractivity contribution is -0.138. The van der Waals surface area contributed by atoms with Crippen LogP contribution in [0.15, 0.2) is 6.20 Å². The Labute approximate surface area is 95.5 Å². The van der Waals surface area contributed by atoms with Gasteiger partial charge in [0.1, 0.15) is 24.0 Å².